The van der Waals surface area contributed by atoms with Gasteiger partial charge in [0.05, 0.1) is 19.1 Å². The number of Topliss-reactive ketones (excluding diaryl/α,β-unsaturated/α-hetero) is 1. The first-order valence-electron chi connectivity index (χ1n) is 7.80. The van der Waals surface area contributed by atoms with Gasteiger partial charge in [0.2, 0.25) is 5.82 Å². The number of benzene rings is 1. The average Bonchev–Trinajstić information content (AvgIpc) is 3.01. The van der Waals surface area contributed by atoms with Crippen molar-refractivity contribution in [3.63, 3.8) is 0 Å². The molecule has 0 spiro atoms. The van der Waals surface area contributed by atoms with Crippen LogP contribution in [0.25, 0.3) is 6.20 Å². The van der Waals surface area contributed by atoms with Crippen LogP contribution in [0.3, 0.4) is 0 Å². The number of ketones is 1. The minimum atomic E-state index is -4.65. The lowest BCUT2D eigenvalue weighted by Gasteiger charge is -2.24. The Morgan fingerprint density at radius 1 is 1.22 bits per heavy atom. The first kappa shape index (κ1) is 19.0. The molecule has 0 fully saturated rings. The zero-order chi connectivity index (χ0) is 19.8. The van der Waals surface area contributed by atoms with E-state index in [0.29, 0.717) is 0 Å². The number of carbonyl (C=O) groups excluding carboxylic acids is 1. The standard InChI is InChI=1S/C16H14F5N5O/c17-10-1-2-11(18)9(5-10)6-12(22)13(27)7-25-3-4-26-14(8-25)23-24-15(26)16(19,20)21/h1-5,12H,6-8,22H2. The van der Waals surface area contributed by atoms with Crippen molar-refractivity contribution < 1.29 is 26.7 Å². The zero-order valence-electron chi connectivity index (χ0n) is 13.7. The fraction of sp³-hybridized carbons (Fsp3) is 0.312. The Morgan fingerprint density at radius 3 is 2.67 bits per heavy atom. The highest BCUT2D eigenvalue weighted by Gasteiger charge is 2.38. The molecule has 11 heteroatoms. The Morgan fingerprint density at radius 2 is 1.96 bits per heavy atom. The highest BCUT2D eigenvalue weighted by atomic mass is 19.4. The molecule has 1 aromatic heterocycles. The molecule has 2 aromatic rings. The Balaban J connectivity index is 1.64. The number of carbonyl (C=O) groups is 1. The summed E-state index contributed by atoms with van der Waals surface area (Å²) in [5.41, 5.74) is 5.74. The monoisotopic (exact) mass is 387 g/mol. The van der Waals surface area contributed by atoms with Crippen LogP contribution in [0.4, 0.5) is 22.0 Å². The Labute approximate surface area is 150 Å². The summed E-state index contributed by atoms with van der Waals surface area (Å²) >= 11 is 0. The van der Waals surface area contributed by atoms with E-state index < -0.39 is 35.5 Å². The summed E-state index contributed by atoms with van der Waals surface area (Å²) in [6, 6.07) is 1.76. The maximum Gasteiger partial charge on any atom is 0.452 e. The quantitative estimate of drug-likeness (QED) is 0.794. The smallest absolute Gasteiger partial charge is 0.361 e. The first-order chi connectivity index (χ1) is 12.6. The molecule has 144 valence electrons. The van der Waals surface area contributed by atoms with Gasteiger partial charge in [0, 0.05) is 12.4 Å². The molecular weight excluding hydrogens is 373 g/mol. The van der Waals surface area contributed by atoms with Crippen LogP contribution in [0.2, 0.25) is 0 Å². The maximum absolute atomic E-state index is 13.7. The summed E-state index contributed by atoms with van der Waals surface area (Å²) in [6.45, 7) is -0.296. The number of hydrogen-bond acceptors (Lipinski definition) is 5. The number of halogens is 5. The maximum atomic E-state index is 13.7. The van der Waals surface area contributed by atoms with Gasteiger partial charge in [-0.1, -0.05) is 0 Å². The predicted molar refractivity (Wildman–Crippen MR) is 83.8 cm³/mol. The molecule has 0 amide bonds. The third kappa shape index (κ3) is 4.13. The van der Waals surface area contributed by atoms with E-state index in [1.807, 2.05) is 0 Å². The molecule has 0 saturated carbocycles. The van der Waals surface area contributed by atoms with Gasteiger partial charge in [-0.15, -0.1) is 10.2 Å². The van der Waals surface area contributed by atoms with E-state index in [9.17, 15) is 26.7 Å². The number of nitrogens with zero attached hydrogens (tertiary/aromatic N) is 4. The van der Waals surface area contributed by atoms with Crippen LogP contribution < -0.4 is 5.73 Å². The summed E-state index contributed by atoms with van der Waals surface area (Å²) in [4.78, 5) is 13.7. The van der Waals surface area contributed by atoms with Crippen LogP contribution in [0.5, 0.6) is 0 Å². The molecule has 27 heavy (non-hydrogen) atoms. The normalized spacial score (nSPS) is 15.0. The Kier molecular flexibility index (Phi) is 4.96. The lowest BCUT2D eigenvalue weighted by Crippen LogP contribution is -2.40. The predicted octanol–water partition coefficient (Wildman–Crippen LogP) is 1.96. The number of alkyl halides is 3. The van der Waals surface area contributed by atoms with E-state index in [0.717, 1.165) is 29.0 Å². The van der Waals surface area contributed by atoms with Gasteiger partial charge in [0.25, 0.3) is 0 Å². The topological polar surface area (TPSA) is 77.0 Å². The van der Waals surface area contributed by atoms with Crippen molar-refractivity contribution >= 4 is 12.0 Å². The van der Waals surface area contributed by atoms with Gasteiger partial charge in [-0.3, -0.25) is 9.36 Å². The van der Waals surface area contributed by atoms with Gasteiger partial charge in [0.15, 0.2) is 11.6 Å². The fourth-order valence-electron chi connectivity index (χ4n) is 2.65. The fourth-order valence-corrected chi connectivity index (χ4v) is 2.65. The Hall–Kier alpha value is -2.82. The Bertz CT molecular complexity index is 892. The molecule has 1 aliphatic rings. The minimum Gasteiger partial charge on any atom is -0.361 e. The SMILES string of the molecule is NC(Cc1cc(F)ccc1F)C(=O)CN1C=Cn2c(nnc2C(F)(F)F)C1. The molecular formula is C16H14F5N5O. The molecule has 2 heterocycles. The second-order valence-corrected chi connectivity index (χ2v) is 6.02. The van der Waals surface area contributed by atoms with E-state index in [1.165, 1.54) is 11.1 Å². The largest absolute Gasteiger partial charge is 0.452 e. The molecule has 2 N–H and O–H groups in total. The number of hydrogen-bond donors (Lipinski definition) is 1. The minimum absolute atomic E-state index is 0.0161. The van der Waals surface area contributed by atoms with Crippen LogP contribution in [0, 0.1) is 11.6 Å². The van der Waals surface area contributed by atoms with Crippen molar-refractivity contribution in [2.75, 3.05) is 6.54 Å². The number of rotatable bonds is 5. The lowest BCUT2D eigenvalue weighted by atomic mass is 10.0. The highest BCUT2D eigenvalue weighted by molar-refractivity contribution is 5.86. The molecule has 1 aromatic carbocycles. The van der Waals surface area contributed by atoms with Crippen LogP contribution >= 0.6 is 0 Å². The van der Waals surface area contributed by atoms with Crippen LogP contribution in [-0.4, -0.2) is 38.0 Å². The molecule has 0 aliphatic carbocycles. The van der Waals surface area contributed by atoms with Gasteiger partial charge in [0.1, 0.15) is 11.6 Å². The lowest BCUT2D eigenvalue weighted by molar-refractivity contribution is -0.146. The molecule has 1 unspecified atom stereocenters. The highest BCUT2D eigenvalue weighted by Crippen LogP contribution is 2.29. The first-order valence-corrected chi connectivity index (χ1v) is 7.80. The van der Waals surface area contributed by atoms with E-state index in [1.54, 1.807) is 0 Å². The van der Waals surface area contributed by atoms with Gasteiger partial charge < -0.3 is 10.6 Å². The van der Waals surface area contributed by atoms with Gasteiger partial charge >= 0.3 is 6.18 Å². The van der Waals surface area contributed by atoms with Gasteiger partial charge in [-0.2, -0.15) is 13.2 Å². The molecule has 0 bridgehead atoms. The third-order valence-electron chi connectivity index (χ3n) is 4.01. The summed E-state index contributed by atoms with van der Waals surface area (Å²) in [7, 11) is 0. The molecule has 3 rings (SSSR count). The van der Waals surface area contributed by atoms with Crippen molar-refractivity contribution in [2.45, 2.75) is 25.2 Å². The van der Waals surface area contributed by atoms with Crippen LogP contribution in [-0.2, 0) is 23.9 Å². The molecule has 0 radical (unpaired) electrons. The van der Waals surface area contributed by atoms with Crippen molar-refractivity contribution in [3.8, 4) is 0 Å². The van der Waals surface area contributed by atoms with Crippen molar-refractivity contribution in [3.05, 3.63) is 53.2 Å². The second kappa shape index (κ2) is 7.06. The summed E-state index contributed by atoms with van der Waals surface area (Å²) in [6.07, 6.45) is -2.45. The molecule has 1 aliphatic heterocycles. The number of nitrogens with two attached hydrogens (primary N) is 1. The molecule has 1 atom stereocenters. The van der Waals surface area contributed by atoms with Crippen molar-refractivity contribution in [1.82, 2.24) is 19.7 Å². The van der Waals surface area contributed by atoms with Crippen LogP contribution in [0.15, 0.2) is 24.4 Å². The number of fused-ring (bicyclic) bond motifs is 1. The summed E-state index contributed by atoms with van der Waals surface area (Å²) < 4.78 is 66.0. The van der Waals surface area contributed by atoms with E-state index >= 15 is 0 Å². The average molecular weight is 387 g/mol. The third-order valence-corrected chi connectivity index (χ3v) is 4.01. The van der Waals surface area contributed by atoms with E-state index in [-0.39, 0.29) is 30.9 Å². The number of aromatic nitrogens is 3. The summed E-state index contributed by atoms with van der Waals surface area (Å²) in [5, 5.41) is 6.60. The van der Waals surface area contributed by atoms with E-state index in [2.05, 4.69) is 10.2 Å². The zero-order valence-corrected chi connectivity index (χ0v) is 13.7. The molecule has 6 nitrogen and oxygen atoms in total. The molecule has 0 saturated heterocycles. The van der Waals surface area contributed by atoms with E-state index in [4.69, 9.17) is 5.73 Å². The van der Waals surface area contributed by atoms with Gasteiger partial charge in [-0.05, 0) is 30.2 Å². The second-order valence-electron chi connectivity index (χ2n) is 6.02. The van der Waals surface area contributed by atoms with Crippen molar-refractivity contribution in [1.29, 1.82) is 0 Å². The van der Waals surface area contributed by atoms with Crippen LogP contribution in [0.1, 0.15) is 17.2 Å². The van der Waals surface area contributed by atoms with Crippen molar-refractivity contribution in [2.24, 2.45) is 5.73 Å². The summed E-state index contributed by atoms with van der Waals surface area (Å²) in [5.74, 6) is -2.94. The van der Waals surface area contributed by atoms with Gasteiger partial charge in [-0.25, -0.2) is 8.78 Å².